The molecule has 1 unspecified atom stereocenters. The van der Waals surface area contributed by atoms with Crippen molar-refractivity contribution in [3.63, 3.8) is 0 Å². The maximum Gasteiger partial charge on any atom is 0.159 e. The third kappa shape index (κ3) is 3.74. The standard InChI is InChI=1S/C15H12ClF3O/c16-12-3-1-9(7-14(12)18)5-11(20)6-10-2-4-13(17)15(19)8-10/h1-4,7-8,11,20H,5-6H2. The van der Waals surface area contributed by atoms with Gasteiger partial charge >= 0.3 is 0 Å². The average Bonchev–Trinajstić information content (AvgIpc) is 2.38. The third-order valence-corrected chi connectivity index (χ3v) is 3.22. The van der Waals surface area contributed by atoms with Gasteiger partial charge in [0.15, 0.2) is 11.6 Å². The van der Waals surface area contributed by atoms with E-state index in [0.29, 0.717) is 11.1 Å². The van der Waals surface area contributed by atoms with Crippen LogP contribution in [-0.4, -0.2) is 11.2 Å². The highest BCUT2D eigenvalue weighted by Gasteiger charge is 2.10. The summed E-state index contributed by atoms with van der Waals surface area (Å²) in [6, 6.07) is 7.73. The van der Waals surface area contributed by atoms with Gasteiger partial charge in [-0.25, -0.2) is 13.2 Å². The molecule has 1 atom stereocenters. The molecule has 20 heavy (non-hydrogen) atoms. The van der Waals surface area contributed by atoms with Gasteiger partial charge in [0.1, 0.15) is 5.82 Å². The molecule has 0 saturated carbocycles. The average molecular weight is 301 g/mol. The first-order chi connectivity index (χ1) is 9.45. The van der Waals surface area contributed by atoms with Gasteiger partial charge in [-0.2, -0.15) is 0 Å². The van der Waals surface area contributed by atoms with Crippen LogP contribution in [-0.2, 0) is 12.8 Å². The van der Waals surface area contributed by atoms with Gasteiger partial charge in [-0.3, -0.25) is 0 Å². The highest BCUT2D eigenvalue weighted by atomic mass is 35.5. The zero-order chi connectivity index (χ0) is 14.7. The number of aliphatic hydroxyl groups excluding tert-OH is 1. The van der Waals surface area contributed by atoms with Crippen molar-refractivity contribution >= 4 is 11.6 Å². The van der Waals surface area contributed by atoms with Gasteiger partial charge in [-0.05, 0) is 48.2 Å². The molecule has 0 aliphatic carbocycles. The molecule has 0 amide bonds. The van der Waals surface area contributed by atoms with Crippen molar-refractivity contribution in [3.8, 4) is 0 Å². The smallest absolute Gasteiger partial charge is 0.159 e. The van der Waals surface area contributed by atoms with E-state index in [1.54, 1.807) is 6.07 Å². The van der Waals surface area contributed by atoms with Crippen LogP contribution in [0.5, 0.6) is 0 Å². The number of hydrogen-bond donors (Lipinski definition) is 1. The number of aliphatic hydroxyl groups is 1. The summed E-state index contributed by atoms with van der Waals surface area (Å²) in [6.07, 6.45) is -0.463. The van der Waals surface area contributed by atoms with E-state index in [4.69, 9.17) is 11.6 Å². The van der Waals surface area contributed by atoms with Crippen molar-refractivity contribution in [2.45, 2.75) is 18.9 Å². The summed E-state index contributed by atoms with van der Waals surface area (Å²) in [7, 11) is 0. The lowest BCUT2D eigenvalue weighted by Gasteiger charge is -2.11. The fourth-order valence-electron chi connectivity index (χ4n) is 1.95. The first-order valence-electron chi connectivity index (χ1n) is 6.01. The topological polar surface area (TPSA) is 20.2 Å². The highest BCUT2D eigenvalue weighted by molar-refractivity contribution is 6.30. The number of rotatable bonds is 4. The second kappa shape index (κ2) is 6.29. The molecule has 2 aromatic carbocycles. The summed E-state index contributed by atoms with van der Waals surface area (Å²) in [5.74, 6) is -2.43. The Kier molecular flexibility index (Phi) is 4.68. The summed E-state index contributed by atoms with van der Waals surface area (Å²) < 4.78 is 39.1. The molecule has 0 aromatic heterocycles. The predicted molar refractivity (Wildman–Crippen MR) is 71.2 cm³/mol. The fraction of sp³-hybridized carbons (Fsp3) is 0.200. The first-order valence-corrected chi connectivity index (χ1v) is 6.39. The van der Waals surface area contributed by atoms with E-state index >= 15 is 0 Å². The Hall–Kier alpha value is -1.52. The second-order valence-electron chi connectivity index (χ2n) is 4.56. The molecule has 1 N–H and O–H groups in total. The molecule has 0 heterocycles. The van der Waals surface area contributed by atoms with Crippen LogP contribution in [0.1, 0.15) is 11.1 Å². The fourth-order valence-corrected chi connectivity index (χ4v) is 2.07. The van der Waals surface area contributed by atoms with E-state index in [1.807, 2.05) is 0 Å². The Morgan fingerprint density at radius 1 is 0.850 bits per heavy atom. The summed E-state index contributed by atoms with van der Waals surface area (Å²) in [4.78, 5) is 0. The molecule has 1 nitrogen and oxygen atoms in total. The molecule has 0 aliphatic rings. The van der Waals surface area contributed by atoms with Crippen LogP contribution in [0.4, 0.5) is 13.2 Å². The molecule has 0 spiro atoms. The minimum absolute atomic E-state index is 0.0174. The maximum atomic E-state index is 13.2. The van der Waals surface area contributed by atoms with Crippen molar-refractivity contribution in [1.29, 1.82) is 0 Å². The number of hydrogen-bond acceptors (Lipinski definition) is 1. The van der Waals surface area contributed by atoms with E-state index in [9.17, 15) is 18.3 Å². The lowest BCUT2D eigenvalue weighted by Crippen LogP contribution is -2.14. The van der Waals surface area contributed by atoms with Crippen LogP contribution in [0.25, 0.3) is 0 Å². The molecule has 106 valence electrons. The van der Waals surface area contributed by atoms with Crippen molar-refractivity contribution in [1.82, 2.24) is 0 Å². The van der Waals surface area contributed by atoms with E-state index < -0.39 is 23.6 Å². The van der Waals surface area contributed by atoms with Crippen molar-refractivity contribution in [2.24, 2.45) is 0 Å². The van der Waals surface area contributed by atoms with Gasteiger partial charge in [0.2, 0.25) is 0 Å². The highest BCUT2D eigenvalue weighted by Crippen LogP contribution is 2.18. The Labute approximate surface area is 119 Å². The normalized spacial score (nSPS) is 12.4. The Balaban J connectivity index is 2.02. The van der Waals surface area contributed by atoms with Gasteiger partial charge in [-0.15, -0.1) is 0 Å². The number of halogens is 4. The van der Waals surface area contributed by atoms with E-state index in [-0.39, 0.29) is 17.9 Å². The lowest BCUT2D eigenvalue weighted by molar-refractivity contribution is 0.175. The predicted octanol–water partition coefficient (Wildman–Crippen LogP) is 3.90. The Morgan fingerprint density at radius 2 is 1.40 bits per heavy atom. The van der Waals surface area contributed by atoms with Crippen molar-refractivity contribution in [2.75, 3.05) is 0 Å². The molecule has 0 radical (unpaired) electrons. The van der Waals surface area contributed by atoms with E-state index in [1.165, 1.54) is 18.2 Å². The van der Waals surface area contributed by atoms with Gasteiger partial charge in [0, 0.05) is 0 Å². The first kappa shape index (κ1) is 14.9. The monoisotopic (exact) mass is 300 g/mol. The van der Waals surface area contributed by atoms with E-state index in [0.717, 1.165) is 12.1 Å². The van der Waals surface area contributed by atoms with Gasteiger partial charge in [0.25, 0.3) is 0 Å². The number of benzene rings is 2. The van der Waals surface area contributed by atoms with Crippen LogP contribution in [0.2, 0.25) is 5.02 Å². The van der Waals surface area contributed by atoms with Crippen LogP contribution in [0.3, 0.4) is 0 Å². The Morgan fingerprint density at radius 3 is 1.95 bits per heavy atom. The van der Waals surface area contributed by atoms with Crippen LogP contribution in [0, 0.1) is 17.5 Å². The van der Waals surface area contributed by atoms with Crippen LogP contribution < -0.4 is 0 Å². The van der Waals surface area contributed by atoms with Crippen LogP contribution >= 0.6 is 11.6 Å². The van der Waals surface area contributed by atoms with E-state index in [2.05, 4.69) is 0 Å². The molecule has 0 saturated heterocycles. The summed E-state index contributed by atoms with van der Waals surface area (Å²) >= 11 is 5.56. The minimum atomic E-state index is -0.952. The van der Waals surface area contributed by atoms with Gasteiger partial charge in [0.05, 0.1) is 11.1 Å². The SMILES string of the molecule is OC(Cc1ccc(F)c(F)c1)Cc1ccc(Cl)c(F)c1. The molecular formula is C15H12ClF3O. The zero-order valence-electron chi connectivity index (χ0n) is 10.4. The maximum absolute atomic E-state index is 13.2. The molecule has 0 bridgehead atoms. The molecule has 0 fully saturated rings. The molecule has 2 rings (SSSR count). The second-order valence-corrected chi connectivity index (χ2v) is 4.97. The molecule has 2 aromatic rings. The largest absolute Gasteiger partial charge is 0.392 e. The molecular weight excluding hydrogens is 289 g/mol. The molecule has 5 heteroatoms. The zero-order valence-corrected chi connectivity index (χ0v) is 11.2. The lowest BCUT2D eigenvalue weighted by atomic mass is 10.0. The summed E-state index contributed by atoms with van der Waals surface area (Å²) in [5, 5.41) is 9.92. The van der Waals surface area contributed by atoms with Crippen LogP contribution in [0.15, 0.2) is 36.4 Å². The quantitative estimate of drug-likeness (QED) is 0.908. The van der Waals surface area contributed by atoms with Gasteiger partial charge in [-0.1, -0.05) is 23.7 Å². The molecule has 0 aliphatic heterocycles. The minimum Gasteiger partial charge on any atom is -0.392 e. The van der Waals surface area contributed by atoms with Crippen molar-refractivity contribution in [3.05, 3.63) is 70.0 Å². The summed E-state index contributed by atoms with van der Waals surface area (Å²) in [5.41, 5.74) is 1.06. The Bertz CT molecular complexity index is 563. The van der Waals surface area contributed by atoms with Gasteiger partial charge < -0.3 is 5.11 Å². The summed E-state index contributed by atoms with van der Waals surface area (Å²) in [6.45, 7) is 0. The third-order valence-electron chi connectivity index (χ3n) is 2.91. The van der Waals surface area contributed by atoms with Crippen molar-refractivity contribution < 1.29 is 18.3 Å².